The summed E-state index contributed by atoms with van der Waals surface area (Å²) in [5.41, 5.74) is 1.04. The van der Waals surface area contributed by atoms with Gasteiger partial charge in [0.1, 0.15) is 0 Å². The van der Waals surface area contributed by atoms with Gasteiger partial charge in [-0.25, -0.2) is 0 Å². The first-order chi connectivity index (χ1) is 13.5. The summed E-state index contributed by atoms with van der Waals surface area (Å²) in [6.45, 7) is 1.86. The zero-order valence-electron chi connectivity index (χ0n) is 15.2. The number of nitro benzene ring substituents is 1. The highest BCUT2D eigenvalue weighted by atomic mass is 35.5. The third-order valence-electron chi connectivity index (χ3n) is 4.95. The summed E-state index contributed by atoms with van der Waals surface area (Å²) in [6.07, 6.45) is 1.68. The summed E-state index contributed by atoms with van der Waals surface area (Å²) < 4.78 is 5.52. The summed E-state index contributed by atoms with van der Waals surface area (Å²) in [6, 6.07) is 14.0. The normalized spacial score (nSPS) is 15.8. The van der Waals surface area contributed by atoms with Crippen LogP contribution in [0, 0.1) is 10.1 Å². The van der Waals surface area contributed by atoms with E-state index in [2.05, 4.69) is 5.32 Å². The maximum absolute atomic E-state index is 12.4. The number of benzene rings is 2. The molecule has 2 aromatic carbocycles. The quantitative estimate of drug-likeness (QED) is 0.412. The van der Waals surface area contributed by atoms with Crippen LogP contribution in [-0.2, 0) is 14.9 Å². The zero-order chi connectivity index (χ0) is 20.0. The molecule has 0 unspecified atom stereocenters. The van der Waals surface area contributed by atoms with Crippen LogP contribution in [0.2, 0.25) is 5.02 Å². The Morgan fingerprint density at radius 3 is 2.39 bits per heavy atom. The van der Waals surface area contributed by atoms with Crippen LogP contribution in [-0.4, -0.2) is 36.3 Å². The van der Waals surface area contributed by atoms with E-state index in [1.807, 2.05) is 24.3 Å². The van der Waals surface area contributed by atoms with Crippen molar-refractivity contribution in [2.45, 2.75) is 23.2 Å². The number of hydrogen-bond acceptors (Lipinski definition) is 5. The number of nitro groups is 1. The van der Waals surface area contributed by atoms with Gasteiger partial charge >= 0.3 is 0 Å². The second-order valence-corrected chi connectivity index (χ2v) is 8.20. The molecule has 3 rings (SSSR count). The monoisotopic (exact) mass is 420 g/mol. The number of thioether (sulfide) groups is 1. The van der Waals surface area contributed by atoms with Crippen LogP contribution in [0.15, 0.2) is 53.4 Å². The molecule has 0 bridgehead atoms. The van der Waals surface area contributed by atoms with Crippen molar-refractivity contribution >= 4 is 35.0 Å². The number of amides is 1. The molecule has 6 nitrogen and oxygen atoms in total. The highest BCUT2D eigenvalue weighted by Gasteiger charge is 2.34. The molecule has 1 fully saturated rings. The van der Waals surface area contributed by atoms with E-state index < -0.39 is 4.92 Å². The average Bonchev–Trinajstić information content (AvgIpc) is 2.72. The van der Waals surface area contributed by atoms with Crippen LogP contribution in [0.1, 0.15) is 18.4 Å². The number of halogens is 1. The van der Waals surface area contributed by atoms with Crippen molar-refractivity contribution in [1.29, 1.82) is 0 Å². The second kappa shape index (κ2) is 9.41. The van der Waals surface area contributed by atoms with E-state index in [0.29, 0.717) is 24.8 Å². The van der Waals surface area contributed by atoms with Crippen molar-refractivity contribution in [3.05, 3.63) is 69.2 Å². The fraction of sp³-hybridized carbons (Fsp3) is 0.350. The molecule has 28 heavy (non-hydrogen) atoms. The number of hydrogen-bond donors (Lipinski definition) is 1. The van der Waals surface area contributed by atoms with Crippen molar-refractivity contribution in [2.75, 3.05) is 25.5 Å². The molecule has 1 aliphatic rings. The van der Waals surface area contributed by atoms with Crippen LogP contribution in [0.4, 0.5) is 5.69 Å². The Balaban J connectivity index is 1.57. The second-order valence-electron chi connectivity index (χ2n) is 6.72. The van der Waals surface area contributed by atoms with Gasteiger partial charge in [-0.15, -0.1) is 11.8 Å². The number of non-ortho nitro benzene ring substituents is 1. The lowest BCUT2D eigenvalue weighted by Gasteiger charge is -2.38. The Morgan fingerprint density at radius 2 is 1.79 bits per heavy atom. The minimum atomic E-state index is -0.439. The Kier molecular flexibility index (Phi) is 6.93. The van der Waals surface area contributed by atoms with Crippen molar-refractivity contribution in [1.82, 2.24) is 5.32 Å². The number of carbonyl (C=O) groups excluding carboxylic acids is 1. The third kappa shape index (κ3) is 5.25. The molecule has 0 aromatic heterocycles. The standard InChI is InChI=1S/C20H21ClN2O4S/c21-16-3-1-15(2-4-16)20(9-11-27-12-10-20)14-22-19(24)13-28-18-7-5-17(6-8-18)23(25)26/h1-8H,9-14H2,(H,22,24). The van der Waals surface area contributed by atoms with Gasteiger partial charge in [-0.1, -0.05) is 23.7 Å². The predicted octanol–water partition coefficient (Wildman–Crippen LogP) is 4.20. The Labute approximate surface area is 172 Å². The number of ether oxygens (including phenoxy) is 1. The summed E-state index contributed by atoms with van der Waals surface area (Å²) in [4.78, 5) is 23.4. The van der Waals surface area contributed by atoms with Crippen molar-refractivity contribution in [3.63, 3.8) is 0 Å². The lowest BCUT2D eigenvalue weighted by Crippen LogP contribution is -2.45. The van der Waals surface area contributed by atoms with E-state index in [-0.39, 0.29) is 22.8 Å². The van der Waals surface area contributed by atoms with Crippen LogP contribution >= 0.6 is 23.4 Å². The van der Waals surface area contributed by atoms with E-state index in [1.165, 1.54) is 23.9 Å². The first-order valence-corrected chi connectivity index (χ1v) is 10.3. The minimum Gasteiger partial charge on any atom is -0.381 e. The van der Waals surface area contributed by atoms with Gasteiger partial charge in [0.15, 0.2) is 0 Å². The fourth-order valence-corrected chi connectivity index (χ4v) is 4.12. The smallest absolute Gasteiger partial charge is 0.269 e. The van der Waals surface area contributed by atoms with Gasteiger partial charge in [-0.2, -0.15) is 0 Å². The van der Waals surface area contributed by atoms with E-state index in [4.69, 9.17) is 16.3 Å². The molecule has 1 aliphatic heterocycles. The number of nitrogens with one attached hydrogen (secondary N) is 1. The Morgan fingerprint density at radius 1 is 1.14 bits per heavy atom. The van der Waals surface area contributed by atoms with Crippen LogP contribution < -0.4 is 5.32 Å². The highest BCUT2D eigenvalue weighted by molar-refractivity contribution is 8.00. The van der Waals surface area contributed by atoms with Gasteiger partial charge in [0.05, 0.1) is 10.7 Å². The number of rotatable bonds is 7. The molecule has 1 heterocycles. The molecule has 1 N–H and O–H groups in total. The lowest BCUT2D eigenvalue weighted by atomic mass is 9.74. The molecule has 2 aromatic rings. The Hall–Kier alpha value is -2.09. The summed E-state index contributed by atoms with van der Waals surface area (Å²) >= 11 is 7.37. The average molecular weight is 421 g/mol. The van der Waals surface area contributed by atoms with Gasteiger partial charge in [-0.3, -0.25) is 14.9 Å². The highest BCUT2D eigenvalue weighted by Crippen LogP contribution is 2.35. The molecule has 0 aliphatic carbocycles. The SMILES string of the molecule is O=C(CSc1ccc([N+](=O)[O-])cc1)NCC1(c2ccc(Cl)cc2)CCOCC1. The maximum Gasteiger partial charge on any atom is 0.269 e. The van der Waals surface area contributed by atoms with Gasteiger partial charge in [0.25, 0.3) is 5.69 Å². The van der Waals surface area contributed by atoms with E-state index in [0.717, 1.165) is 23.3 Å². The largest absolute Gasteiger partial charge is 0.381 e. The molecule has 8 heteroatoms. The molecule has 0 spiro atoms. The summed E-state index contributed by atoms with van der Waals surface area (Å²) in [7, 11) is 0. The van der Waals surface area contributed by atoms with Gasteiger partial charge < -0.3 is 10.1 Å². The maximum atomic E-state index is 12.4. The molecule has 148 valence electrons. The van der Waals surface area contributed by atoms with E-state index in [1.54, 1.807) is 12.1 Å². The predicted molar refractivity (Wildman–Crippen MR) is 110 cm³/mol. The molecule has 0 saturated carbocycles. The first kappa shape index (κ1) is 20.6. The molecular formula is C20H21ClN2O4S. The van der Waals surface area contributed by atoms with Crippen molar-refractivity contribution < 1.29 is 14.5 Å². The van der Waals surface area contributed by atoms with E-state index >= 15 is 0 Å². The van der Waals surface area contributed by atoms with Gasteiger partial charge in [0.2, 0.25) is 5.91 Å². The number of carbonyl (C=O) groups is 1. The minimum absolute atomic E-state index is 0.0400. The molecule has 0 radical (unpaired) electrons. The lowest BCUT2D eigenvalue weighted by molar-refractivity contribution is -0.384. The number of nitrogens with zero attached hydrogens (tertiary/aromatic N) is 1. The molecule has 1 amide bonds. The molecule has 1 saturated heterocycles. The topological polar surface area (TPSA) is 81.5 Å². The van der Waals surface area contributed by atoms with Crippen LogP contribution in [0.5, 0.6) is 0 Å². The van der Waals surface area contributed by atoms with Crippen LogP contribution in [0.25, 0.3) is 0 Å². The van der Waals surface area contributed by atoms with Crippen LogP contribution in [0.3, 0.4) is 0 Å². The van der Waals surface area contributed by atoms with E-state index in [9.17, 15) is 14.9 Å². The van der Waals surface area contributed by atoms with Gasteiger partial charge in [-0.05, 0) is 42.7 Å². The molecule has 0 atom stereocenters. The molecular weight excluding hydrogens is 400 g/mol. The zero-order valence-corrected chi connectivity index (χ0v) is 16.8. The first-order valence-electron chi connectivity index (χ1n) is 8.96. The Bertz CT molecular complexity index is 821. The van der Waals surface area contributed by atoms with Crippen molar-refractivity contribution in [2.24, 2.45) is 0 Å². The van der Waals surface area contributed by atoms with Crippen molar-refractivity contribution in [3.8, 4) is 0 Å². The third-order valence-corrected chi connectivity index (χ3v) is 6.21. The summed E-state index contributed by atoms with van der Waals surface area (Å²) in [5, 5.41) is 14.4. The summed E-state index contributed by atoms with van der Waals surface area (Å²) in [5.74, 6) is 0.188. The fourth-order valence-electron chi connectivity index (χ4n) is 3.26. The van der Waals surface area contributed by atoms with Gasteiger partial charge in [0, 0.05) is 47.2 Å².